The lowest BCUT2D eigenvalue weighted by Crippen LogP contribution is -2.45. The molecule has 4 aromatic heterocycles. The highest BCUT2D eigenvalue weighted by Gasteiger charge is 2.35. The van der Waals surface area contributed by atoms with Crippen LogP contribution in [0.4, 0.5) is 32.6 Å². The van der Waals surface area contributed by atoms with E-state index in [1.807, 2.05) is 36.9 Å². The molecule has 2 saturated heterocycles. The van der Waals surface area contributed by atoms with Gasteiger partial charge in [-0.3, -0.25) is 20.0 Å². The lowest BCUT2D eigenvalue weighted by Gasteiger charge is -2.39. The highest BCUT2D eigenvalue weighted by Crippen LogP contribution is 2.36. The molecular weight excluding hydrogens is 901 g/mol. The molecular formula is C48H60N14O4S2. The Morgan fingerprint density at radius 2 is 1.06 bits per heavy atom. The molecule has 0 aliphatic carbocycles. The van der Waals surface area contributed by atoms with Gasteiger partial charge in [-0.2, -0.15) is 0 Å². The zero-order chi connectivity index (χ0) is 46.5. The van der Waals surface area contributed by atoms with Crippen molar-refractivity contribution in [1.29, 1.82) is 0 Å². The van der Waals surface area contributed by atoms with Gasteiger partial charge in [0.25, 0.3) is 0 Å². The normalized spacial score (nSPS) is 19.0. The summed E-state index contributed by atoms with van der Waals surface area (Å²) < 4.78 is 10.9. The fraction of sp³-hybridized carbons (Fsp3) is 0.542. The molecule has 18 nitrogen and oxygen atoms in total. The van der Waals surface area contributed by atoms with Crippen LogP contribution in [0.3, 0.4) is 0 Å². The van der Waals surface area contributed by atoms with Crippen molar-refractivity contribution >= 4 is 68.5 Å². The zero-order valence-corrected chi connectivity index (χ0v) is 40.6. The minimum Gasteiger partial charge on any atom is -0.449 e. The average Bonchev–Trinajstić information content (AvgIpc) is 4.00. The van der Waals surface area contributed by atoms with Gasteiger partial charge in [-0.05, 0) is 86.5 Å². The highest BCUT2D eigenvalue weighted by molar-refractivity contribution is 8.76. The van der Waals surface area contributed by atoms with Crippen LogP contribution in [-0.4, -0.2) is 131 Å². The number of piperidine rings is 2. The predicted octanol–water partition coefficient (Wildman–Crippen LogP) is 6.23. The van der Waals surface area contributed by atoms with Gasteiger partial charge in [0.05, 0.1) is 59.6 Å². The molecule has 6 aliphatic heterocycles. The van der Waals surface area contributed by atoms with E-state index in [0.717, 1.165) is 159 Å². The number of alkyl carbamates (subject to hydrolysis) is 2. The SMILES string of the molecule is CC1(CNC(=O)OCCSSCCOC(=O)NCC2(C)CCN(c3cnc4c(n3)CN=C4N3CCCc4ncccc43)CC2)CCN(c2cnc3c(n2)CN=C3N2CCCc3ncccc32)CC1. The van der Waals surface area contributed by atoms with Gasteiger partial charge < -0.3 is 39.7 Å². The summed E-state index contributed by atoms with van der Waals surface area (Å²) in [6.45, 7) is 12.3. The summed E-state index contributed by atoms with van der Waals surface area (Å²) in [4.78, 5) is 72.8. The van der Waals surface area contributed by atoms with Crippen LogP contribution in [0, 0.1) is 10.8 Å². The number of fused-ring (bicyclic) bond motifs is 4. The smallest absolute Gasteiger partial charge is 0.407 e. The maximum atomic E-state index is 12.6. The molecule has 10 heterocycles. The molecule has 2 fully saturated rings. The van der Waals surface area contributed by atoms with E-state index in [0.29, 0.717) is 50.9 Å². The summed E-state index contributed by atoms with van der Waals surface area (Å²) >= 11 is 0. The van der Waals surface area contributed by atoms with Crippen molar-refractivity contribution in [2.75, 3.05) is 96.7 Å². The highest BCUT2D eigenvalue weighted by atomic mass is 33.1. The largest absolute Gasteiger partial charge is 0.449 e. The first-order valence-corrected chi connectivity index (χ1v) is 26.5. The summed E-state index contributed by atoms with van der Waals surface area (Å²) in [7, 11) is 3.19. The van der Waals surface area contributed by atoms with Gasteiger partial charge in [0.2, 0.25) is 0 Å². The van der Waals surface area contributed by atoms with Crippen LogP contribution in [0.15, 0.2) is 59.0 Å². The van der Waals surface area contributed by atoms with Crippen LogP contribution in [0.1, 0.15) is 86.5 Å². The number of carbonyl (C=O) groups is 2. The molecule has 2 amide bonds. The number of nitrogens with one attached hydrogen (secondary N) is 2. The second kappa shape index (κ2) is 20.5. The maximum Gasteiger partial charge on any atom is 0.407 e. The third-order valence-electron chi connectivity index (χ3n) is 14.1. The number of aryl methyl sites for hydroxylation is 2. The molecule has 2 N–H and O–H groups in total. The molecule has 68 heavy (non-hydrogen) atoms. The number of hydrogen-bond acceptors (Lipinski definition) is 18. The Hall–Kier alpha value is -5.76. The number of amidine groups is 2. The minimum atomic E-state index is -0.398. The number of ether oxygens (including phenoxy) is 2. The van der Waals surface area contributed by atoms with Crippen molar-refractivity contribution in [1.82, 2.24) is 40.5 Å². The van der Waals surface area contributed by atoms with E-state index in [2.05, 4.69) is 66.2 Å². The van der Waals surface area contributed by atoms with Crippen molar-refractivity contribution in [3.05, 3.63) is 83.2 Å². The first-order valence-electron chi connectivity index (χ1n) is 24.0. The first kappa shape index (κ1) is 46.0. The second-order valence-electron chi connectivity index (χ2n) is 19.0. The van der Waals surface area contributed by atoms with E-state index in [-0.39, 0.29) is 10.8 Å². The Labute approximate surface area is 405 Å². The van der Waals surface area contributed by atoms with Crippen molar-refractivity contribution in [3.8, 4) is 0 Å². The summed E-state index contributed by atoms with van der Waals surface area (Å²) in [6.07, 6.45) is 14.3. The summed E-state index contributed by atoms with van der Waals surface area (Å²) in [5.74, 6) is 4.82. The van der Waals surface area contributed by atoms with E-state index < -0.39 is 12.2 Å². The van der Waals surface area contributed by atoms with E-state index >= 15 is 0 Å². The van der Waals surface area contributed by atoms with Crippen LogP contribution in [0.2, 0.25) is 0 Å². The van der Waals surface area contributed by atoms with Gasteiger partial charge in [-0.1, -0.05) is 35.4 Å². The predicted molar refractivity (Wildman–Crippen MR) is 267 cm³/mol. The number of aromatic nitrogens is 6. The number of hydrogen-bond donors (Lipinski definition) is 2. The Balaban J connectivity index is 0.564. The van der Waals surface area contributed by atoms with E-state index in [9.17, 15) is 9.59 Å². The van der Waals surface area contributed by atoms with Gasteiger partial charge in [-0.25, -0.2) is 29.5 Å². The zero-order valence-electron chi connectivity index (χ0n) is 39.0. The van der Waals surface area contributed by atoms with Crippen molar-refractivity contribution in [3.63, 3.8) is 0 Å². The van der Waals surface area contributed by atoms with Crippen LogP contribution < -0.4 is 30.2 Å². The number of rotatable bonds is 13. The molecule has 358 valence electrons. The molecule has 0 aromatic carbocycles. The Morgan fingerprint density at radius 1 is 0.618 bits per heavy atom. The monoisotopic (exact) mass is 960 g/mol. The van der Waals surface area contributed by atoms with E-state index in [1.165, 1.54) is 0 Å². The molecule has 0 atom stereocenters. The summed E-state index contributed by atoms with van der Waals surface area (Å²) in [5.41, 5.74) is 7.92. The summed E-state index contributed by atoms with van der Waals surface area (Å²) in [5, 5.41) is 5.98. The average molecular weight is 961 g/mol. The molecule has 4 aromatic rings. The minimum absolute atomic E-state index is 0.0433. The number of carbonyl (C=O) groups excluding carboxylic acids is 2. The van der Waals surface area contributed by atoms with Crippen molar-refractivity contribution in [2.24, 2.45) is 20.8 Å². The third kappa shape index (κ3) is 10.3. The lowest BCUT2D eigenvalue weighted by molar-refractivity contribution is 0.142. The lowest BCUT2D eigenvalue weighted by atomic mass is 9.80. The quantitative estimate of drug-likeness (QED) is 0.113. The third-order valence-corrected chi connectivity index (χ3v) is 16.4. The molecule has 20 heteroatoms. The number of aliphatic imine (C=N–C) groups is 2. The molecule has 0 radical (unpaired) electrons. The Bertz CT molecular complexity index is 2370. The van der Waals surface area contributed by atoms with Gasteiger partial charge in [0.1, 0.15) is 36.2 Å². The standard InChI is InChI=1S/C48H60N14O4S2/c1-47(11-19-59(20-12-47)39-29-51-41-35(57-39)27-53-43(41)61-17-5-7-33-37(61)9-3-15-49-33)31-55-45(63)65-23-25-67-68-26-24-66-46(64)56-32-48(2)13-21-60(22-14-48)40-30-52-42-36(58-40)28-54-44(42)62-18-6-8-34-38(62)10-4-16-50-34/h3-4,9-10,15-16,29-30H,5-8,11-14,17-28,31-32H2,1-2H3,(H,55,63)(H,56,64). The van der Waals surface area contributed by atoms with Crippen LogP contribution >= 0.6 is 21.6 Å². The van der Waals surface area contributed by atoms with Crippen molar-refractivity contribution in [2.45, 2.75) is 78.3 Å². The molecule has 10 rings (SSSR count). The van der Waals surface area contributed by atoms with Gasteiger partial charge in [0, 0.05) is 76.3 Å². The second-order valence-corrected chi connectivity index (χ2v) is 21.7. The maximum absolute atomic E-state index is 12.6. The van der Waals surface area contributed by atoms with Crippen LogP contribution in [-0.2, 0) is 35.4 Å². The first-order chi connectivity index (χ1) is 33.2. The van der Waals surface area contributed by atoms with E-state index in [4.69, 9.17) is 39.4 Å². The van der Waals surface area contributed by atoms with Crippen LogP contribution in [0.25, 0.3) is 0 Å². The fourth-order valence-electron chi connectivity index (χ4n) is 9.87. The number of anilines is 4. The molecule has 0 unspecified atom stereocenters. The fourth-order valence-corrected chi connectivity index (χ4v) is 11.5. The van der Waals surface area contributed by atoms with E-state index in [1.54, 1.807) is 21.6 Å². The molecule has 0 spiro atoms. The Kier molecular flexibility index (Phi) is 13.8. The van der Waals surface area contributed by atoms with Gasteiger partial charge in [0.15, 0.2) is 11.7 Å². The molecule has 0 bridgehead atoms. The van der Waals surface area contributed by atoms with Gasteiger partial charge >= 0.3 is 12.2 Å². The molecule has 0 saturated carbocycles. The topological polar surface area (TPSA) is 192 Å². The van der Waals surface area contributed by atoms with Crippen molar-refractivity contribution < 1.29 is 19.1 Å². The van der Waals surface area contributed by atoms with Crippen LogP contribution in [0.5, 0.6) is 0 Å². The molecule has 6 aliphatic rings. The van der Waals surface area contributed by atoms with Gasteiger partial charge in [-0.15, -0.1) is 0 Å². The Morgan fingerprint density at radius 3 is 1.50 bits per heavy atom. The number of amides is 2. The number of nitrogens with zero attached hydrogens (tertiary/aromatic N) is 12. The number of pyridine rings is 2. The summed E-state index contributed by atoms with van der Waals surface area (Å²) in [6, 6.07) is 8.19.